The van der Waals surface area contributed by atoms with E-state index in [0.29, 0.717) is 30.5 Å². The van der Waals surface area contributed by atoms with Crippen molar-refractivity contribution in [3.63, 3.8) is 0 Å². The molecule has 0 unspecified atom stereocenters. The molecule has 1 aliphatic heterocycles. The van der Waals surface area contributed by atoms with Crippen LogP contribution in [0.1, 0.15) is 5.56 Å². The molecule has 0 atom stereocenters. The van der Waals surface area contributed by atoms with Crippen molar-refractivity contribution in [3.8, 4) is 17.2 Å². The van der Waals surface area contributed by atoms with E-state index in [9.17, 15) is 9.59 Å². The molecule has 2 N–H and O–H groups in total. The fourth-order valence-corrected chi connectivity index (χ4v) is 2.00. The number of carbonyl (C=O) groups excluding carboxylic acids is 2. The summed E-state index contributed by atoms with van der Waals surface area (Å²) in [5.41, 5.74) is 5.77. The standard InChI is InChI=1S/C15H18N2O5/c1-17(9-13(16)18)14(19)4-3-10-7-11(20-2)15-12(8-10)21-5-6-22-15/h3-4,7-8H,5-6,9H2,1-2H3,(H2,16,18)/b4-3+. The smallest absolute Gasteiger partial charge is 0.246 e. The zero-order valence-corrected chi connectivity index (χ0v) is 12.5. The Morgan fingerprint density at radius 1 is 1.36 bits per heavy atom. The normalized spacial score (nSPS) is 13.0. The summed E-state index contributed by atoms with van der Waals surface area (Å²) in [5.74, 6) is 0.777. The van der Waals surface area contributed by atoms with Gasteiger partial charge in [0, 0.05) is 13.1 Å². The summed E-state index contributed by atoms with van der Waals surface area (Å²) < 4.78 is 16.3. The van der Waals surface area contributed by atoms with E-state index in [-0.39, 0.29) is 12.5 Å². The number of ether oxygens (including phenoxy) is 3. The summed E-state index contributed by atoms with van der Waals surface area (Å²) in [6.07, 6.45) is 2.97. The van der Waals surface area contributed by atoms with Gasteiger partial charge in [0.15, 0.2) is 11.5 Å². The molecule has 0 radical (unpaired) electrons. The average molecular weight is 306 g/mol. The Balaban J connectivity index is 2.17. The predicted octanol–water partition coefficient (Wildman–Crippen LogP) is 0.423. The molecule has 7 heteroatoms. The maximum absolute atomic E-state index is 11.8. The number of nitrogens with zero attached hydrogens (tertiary/aromatic N) is 1. The summed E-state index contributed by atoms with van der Waals surface area (Å²) in [5, 5.41) is 0. The molecule has 1 aromatic carbocycles. The molecule has 0 aromatic heterocycles. The van der Waals surface area contributed by atoms with Gasteiger partial charge in [0.05, 0.1) is 13.7 Å². The predicted molar refractivity (Wildman–Crippen MR) is 79.8 cm³/mol. The maximum atomic E-state index is 11.8. The molecule has 1 aliphatic rings. The molecule has 0 fully saturated rings. The number of likely N-dealkylation sites (N-methyl/N-ethyl adjacent to an activating group) is 1. The van der Waals surface area contributed by atoms with Gasteiger partial charge in [0.2, 0.25) is 17.6 Å². The van der Waals surface area contributed by atoms with Crippen LogP contribution in [-0.4, -0.2) is 50.6 Å². The van der Waals surface area contributed by atoms with Crippen molar-refractivity contribution in [2.45, 2.75) is 0 Å². The maximum Gasteiger partial charge on any atom is 0.246 e. The van der Waals surface area contributed by atoms with Gasteiger partial charge in [-0.05, 0) is 23.8 Å². The number of rotatable bonds is 5. The number of fused-ring (bicyclic) bond motifs is 1. The molecule has 0 bridgehead atoms. The summed E-state index contributed by atoms with van der Waals surface area (Å²) in [6, 6.07) is 3.50. The molecule has 2 rings (SSSR count). The number of carbonyl (C=O) groups is 2. The average Bonchev–Trinajstić information content (AvgIpc) is 2.50. The van der Waals surface area contributed by atoms with Crippen LogP contribution >= 0.6 is 0 Å². The second-order valence-electron chi connectivity index (χ2n) is 4.74. The third-order valence-corrected chi connectivity index (χ3v) is 3.04. The molecular formula is C15H18N2O5. The number of amides is 2. The lowest BCUT2D eigenvalue weighted by atomic mass is 10.1. The SMILES string of the molecule is COc1cc(/C=C/C(=O)N(C)CC(N)=O)cc2c1OCCO2. The number of methoxy groups -OCH3 is 1. The van der Waals surface area contributed by atoms with E-state index >= 15 is 0 Å². The van der Waals surface area contributed by atoms with Gasteiger partial charge in [0.25, 0.3) is 0 Å². The van der Waals surface area contributed by atoms with E-state index < -0.39 is 5.91 Å². The summed E-state index contributed by atoms with van der Waals surface area (Å²) in [7, 11) is 3.04. The molecule has 2 amide bonds. The molecule has 0 saturated carbocycles. The Morgan fingerprint density at radius 2 is 2.09 bits per heavy atom. The number of hydrogen-bond acceptors (Lipinski definition) is 5. The highest BCUT2D eigenvalue weighted by Crippen LogP contribution is 2.40. The van der Waals surface area contributed by atoms with Gasteiger partial charge in [-0.25, -0.2) is 0 Å². The van der Waals surface area contributed by atoms with Gasteiger partial charge in [-0.3, -0.25) is 9.59 Å². The zero-order valence-electron chi connectivity index (χ0n) is 12.5. The fourth-order valence-electron chi connectivity index (χ4n) is 2.00. The molecule has 118 valence electrons. The minimum absolute atomic E-state index is 0.131. The van der Waals surface area contributed by atoms with Crippen LogP contribution in [0.5, 0.6) is 17.2 Å². The third-order valence-electron chi connectivity index (χ3n) is 3.04. The van der Waals surface area contributed by atoms with Crippen molar-refractivity contribution in [3.05, 3.63) is 23.8 Å². The lowest BCUT2D eigenvalue weighted by molar-refractivity contribution is -0.129. The van der Waals surface area contributed by atoms with Gasteiger partial charge in [0.1, 0.15) is 13.2 Å². The van der Waals surface area contributed by atoms with E-state index in [1.165, 1.54) is 25.1 Å². The second kappa shape index (κ2) is 6.84. The van der Waals surface area contributed by atoms with E-state index in [4.69, 9.17) is 19.9 Å². The first-order valence-electron chi connectivity index (χ1n) is 6.70. The van der Waals surface area contributed by atoms with Crippen LogP contribution in [0, 0.1) is 0 Å². The first kappa shape index (κ1) is 15.7. The Hall–Kier alpha value is -2.70. The van der Waals surface area contributed by atoms with Gasteiger partial charge in [-0.2, -0.15) is 0 Å². The Morgan fingerprint density at radius 3 is 2.77 bits per heavy atom. The zero-order chi connectivity index (χ0) is 16.1. The summed E-state index contributed by atoms with van der Waals surface area (Å²) in [6.45, 7) is 0.798. The minimum Gasteiger partial charge on any atom is -0.493 e. The highest BCUT2D eigenvalue weighted by Gasteiger charge is 2.18. The first-order chi connectivity index (χ1) is 10.5. The van der Waals surface area contributed by atoms with Crippen molar-refractivity contribution in [2.24, 2.45) is 5.73 Å². The molecular weight excluding hydrogens is 288 g/mol. The lowest BCUT2D eigenvalue weighted by Gasteiger charge is -2.21. The highest BCUT2D eigenvalue weighted by molar-refractivity contribution is 5.94. The van der Waals surface area contributed by atoms with E-state index in [2.05, 4.69) is 0 Å². The van der Waals surface area contributed by atoms with Crippen LogP contribution in [0.15, 0.2) is 18.2 Å². The monoisotopic (exact) mass is 306 g/mol. The first-order valence-corrected chi connectivity index (χ1v) is 6.70. The molecule has 0 spiro atoms. The number of primary amides is 1. The van der Waals surface area contributed by atoms with Crippen molar-refractivity contribution < 1.29 is 23.8 Å². The van der Waals surface area contributed by atoms with Crippen LogP contribution in [0.3, 0.4) is 0 Å². The van der Waals surface area contributed by atoms with Crippen LogP contribution in [0.2, 0.25) is 0 Å². The number of benzene rings is 1. The van der Waals surface area contributed by atoms with Crippen molar-refractivity contribution in [2.75, 3.05) is 33.9 Å². The van der Waals surface area contributed by atoms with E-state index in [1.54, 1.807) is 18.2 Å². The van der Waals surface area contributed by atoms with Crippen LogP contribution in [0.25, 0.3) is 6.08 Å². The Labute approximate surface area is 128 Å². The fraction of sp³-hybridized carbons (Fsp3) is 0.333. The minimum atomic E-state index is -0.565. The highest BCUT2D eigenvalue weighted by atomic mass is 16.6. The van der Waals surface area contributed by atoms with Crippen LogP contribution in [-0.2, 0) is 9.59 Å². The lowest BCUT2D eigenvalue weighted by Crippen LogP contribution is -2.34. The van der Waals surface area contributed by atoms with E-state index in [0.717, 1.165) is 5.56 Å². The molecule has 1 heterocycles. The molecule has 0 aliphatic carbocycles. The largest absolute Gasteiger partial charge is 0.493 e. The van der Waals surface area contributed by atoms with Gasteiger partial charge >= 0.3 is 0 Å². The number of hydrogen-bond donors (Lipinski definition) is 1. The third kappa shape index (κ3) is 3.69. The quantitative estimate of drug-likeness (QED) is 0.796. The van der Waals surface area contributed by atoms with Crippen molar-refractivity contribution in [1.29, 1.82) is 0 Å². The summed E-state index contributed by atoms with van der Waals surface area (Å²) >= 11 is 0. The Kier molecular flexibility index (Phi) is 4.88. The van der Waals surface area contributed by atoms with Crippen LogP contribution in [0.4, 0.5) is 0 Å². The van der Waals surface area contributed by atoms with Gasteiger partial charge in [-0.1, -0.05) is 0 Å². The van der Waals surface area contributed by atoms with Crippen LogP contribution < -0.4 is 19.9 Å². The molecule has 1 aromatic rings. The topological polar surface area (TPSA) is 91.1 Å². The Bertz CT molecular complexity index is 595. The second-order valence-corrected chi connectivity index (χ2v) is 4.74. The summed E-state index contributed by atoms with van der Waals surface area (Å²) in [4.78, 5) is 23.9. The molecule has 22 heavy (non-hydrogen) atoms. The van der Waals surface area contributed by atoms with Gasteiger partial charge < -0.3 is 24.8 Å². The molecule has 7 nitrogen and oxygen atoms in total. The van der Waals surface area contributed by atoms with Gasteiger partial charge in [-0.15, -0.1) is 0 Å². The molecule has 0 saturated heterocycles. The van der Waals surface area contributed by atoms with E-state index in [1.807, 2.05) is 0 Å². The van der Waals surface area contributed by atoms with Crippen molar-refractivity contribution >= 4 is 17.9 Å². The van der Waals surface area contributed by atoms with Crippen molar-refractivity contribution in [1.82, 2.24) is 4.90 Å². The number of nitrogens with two attached hydrogens (primary N) is 1.